The Morgan fingerprint density at radius 2 is 2.07 bits per heavy atom. The van der Waals surface area contributed by atoms with Crippen molar-refractivity contribution in [1.29, 1.82) is 0 Å². The molecule has 0 spiro atoms. The Hall–Kier alpha value is -0.200. The van der Waals surface area contributed by atoms with E-state index in [0.29, 0.717) is 19.8 Å². The molecule has 1 fully saturated rings. The summed E-state index contributed by atoms with van der Waals surface area (Å²) in [4.78, 5) is 2.00. The predicted octanol–water partition coefficient (Wildman–Crippen LogP) is -0.703. The molecule has 1 saturated heterocycles. The Morgan fingerprint density at radius 1 is 1.43 bits per heavy atom. The minimum absolute atomic E-state index is 0.0443. The Morgan fingerprint density at radius 3 is 2.50 bits per heavy atom. The Bertz CT molecular complexity index is 163. The van der Waals surface area contributed by atoms with E-state index < -0.39 is 6.10 Å². The van der Waals surface area contributed by atoms with Gasteiger partial charge >= 0.3 is 0 Å². The zero-order valence-corrected chi connectivity index (χ0v) is 8.97. The molecule has 0 saturated carbocycles. The molecule has 1 N–H and O–H groups in total. The molecule has 0 unspecified atom stereocenters. The van der Waals surface area contributed by atoms with E-state index in [-0.39, 0.29) is 12.3 Å². The topological polar surface area (TPSA) is 51.2 Å². The summed E-state index contributed by atoms with van der Waals surface area (Å²) in [5.74, 6) is 0. The zero-order valence-electron chi connectivity index (χ0n) is 8.97. The highest BCUT2D eigenvalue weighted by atomic mass is 16.7. The van der Waals surface area contributed by atoms with Crippen LogP contribution in [0.25, 0.3) is 0 Å². The van der Waals surface area contributed by atoms with Crippen LogP contribution in [-0.4, -0.2) is 69.5 Å². The molecule has 2 atom stereocenters. The zero-order chi connectivity index (χ0) is 10.6. The van der Waals surface area contributed by atoms with Crippen molar-refractivity contribution < 1.29 is 19.3 Å². The van der Waals surface area contributed by atoms with Crippen LogP contribution < -0.4 is 0 Å². The van der Waals surface area contributed by atoms with Gasteiger partial charge in [-0.2, -0.15) is 0 Å². The number of aliphatic hydroxyl groups excluding tert-OH is 1. The van der Waals surface area contributed by atoms with Crippen LogP contribution in [0.5, 0.6) is 0 Å². The highest BCUT2D eigenvalue weighted by molar-refractivity contribution is 4.82. The molecule has 0 aromatic rings. The lowest BCUT2D eigenvalue weighted by Crippen LogP contribution is -2.44. The summed E-state index contributed by atoms with van der Waals surface area (Å²) >= 11 is 0. The molecular formula is C9H19NO4. The molecule has 1 heterocycles. The van der Waals surface area contributed by atoms with Crippen molar-refractivity contribution in [2.45, 2.75) is 18.4 Å². The van der Waals surface area contributed by atoms with Gasteiger partial charge in [-0.25, -0.2) is 0 Å². The molecule has 0 aromatic heterocycles. The summed E-state index contributed by atoms with van der Waals surface area (Å²) in [5.41, 5.74) is 0. The number of nitrogens with zero attached hydrogens (tertiary/aromatic N) is 1. The van der Waals surface area contributed by atoms with Gasteiger partial charge in [0.1, 0.15) is 0 Å². The maximum atomic E-state index is 9.57. The number of methoxy groups -OCH3 is 2. The average molecular weight is 205 g/mol. The first kappa shape index (κ1) is 11.9. The summed E-state index contributed by atoms with van der Waals surface area (Å²) in [5, 5.41) is 9.57. The molecule has 84 valence electrons. The largest absolute Gasteiger partial charge is 0.389 e. The maximum Gasteiger partial charge on any atom is 0.169 e. The van der Waals surface area contributed by atoms with Crippen LogP contribution in [-0.2, 0) is 14.2 Å². The fraction of sp³-hybridized carbons (Fsp3) is 1.00. The van der Waals surface area contributed by atoms with Crippen molar-refractivity contribution in [3.8, 4) is 0 Å². The normalized spacial score (nSPS) is 27.9. The highest BCUT2D eigenvalue weighted by Gasteiger charge is 2.30. The van der Waals surface area contributed by atoms with Crippen molar-refractivity contribution in [2.24, 2.45) is 0 Å². The van der Waals surface area contributed by atoms with Crippen molar-refractivity contribution in [3.63, 3.8) is 0 Å². The Balaban J connectivity index is 2.36. The van der Waals surface area contributed by atoms with Gasteiger partial charge in [0, 0.05) is 20.8 Å². The maximum absolute atomic E-state index is 9.57. The summed E-state index contributed by atoms with van der Waals surface area (Å²) < 4.78 is 15.3. The van der Waals surface area contributed by atoms with Crippen LogP contribution in [0, 0.1) is 0 Å². The number of likely N-dealkylation sites (N-methyl/N-ethyl adjacent to an activating group) is 1. The summed E-state index contributed by atoms with van der Waals surface area (Å²) in [6.45, 7) is 1.61. The minimum Gasteiger partial charge on any atom is -0.389 e. The third-order valence-electron chi connectivity index (χ3n) is 2.55. The van der Waals surface area contributed by atoms with Crippen molar-refractivity contribution in [3.05, 3.63) is 0 Å². The number of hydrogen-bond acceptors (Lipinski definition) is 5. The summed E-state index contributed by atoms with van der Waals surface area (Å²) in [6, 6.07) is 0.0443. The third-order valence-corrected chi connectivity index (χ3v) is 2.55. The second-order valence-corrected chi connectivity index (χ2v) is 3.51. The van der Waals surface area contributed by atoms with E-state index >= 15 is 0 Å². The monoisotopic (exact) mass is 205 g/mol. The van der Waals surface area contributed by atoms with E-state index in [1.165, 1.54) is 0 Å². The van der Waals surface area contributed by atoms with Gasteiger partial charge in [-0.3, -0.25) is 4.90 Å². The van der Waals surface area contributed by atoms with Crippen molar-refractivity contribution >= 4 is 0 Å². The highest BCUT2D eigenvalue weighted by Crippen LogP contribution is 2.12. The van der Waals surface area contributed by atoms with E-state index in [2.05, 4.69) is 0 Å². The molecule has 0 amide bonds. The fourth-order valence-electron chi connectivity index (χ4n) is 1.57. The molecule has 5 heteroatoms. The lowest BCUT2D eigenvalue weighted by Gasteiger charge is -2.28. The fourth-order valence-corrected chi connectivity index (χ4v) is 1.57. The smallest absolute Gasteiger partial charge is 0.169 e. The van der Waals surface area contributed by atoms with Gasteiger partial charge in [0.15, 0.2) is 6.29 Å². The first-order chi connectivity index (χ1) is 6.69. The van der Waals surface area contributed by atoms with E-state index in [1.54, 1.807) is 14.2 Å². The molecule has 5 nitrogen and oxygen atoms in total. The lowest BCUT2D eigenvalue weighted by molar-refractivity contribution is -0.120. The van der Waals surface area contributed by atoms with Crippen LogP contribution in [0.3, 0.4) is 0 Å². The van der Waals surface area contributed by atoms with Crippen molar-refractivity contribution in [1.82, 2.24) is 4.90 Å². The second kappa shape index (κ2) is 5.63. The summed E-state index contributed by atoms with van der Waals surface area (Å²) in [6.07, 6.45) is -0.665. The number of ether oxygens (including phenoxy) is 3. The van der Waals surface area contributed by atoms with E-state index in [0.717, 1.165) is 0 Å². The Kier molecular flexibility index (Phi) is 4.77. The molecule has 0 bridgehead atoms. The van der Waals surface area contributed by atoms with Gasteiger partial charge in [0.05, 0.1) is 25.4 Å². The van der Waals surface area contributed by atoms with Crippen LogP contribution in [0.4, 0.5) is 0 Å². The molecule has 0 aromatic carbocycles. The molecule has 0 radical (unpaired) electrons. The first-order valence-electron chi connectivity index (χ1n) is 4.70. The van der Waals surface area contributed by atoms with Gasteiger partial charge in [0.25, 0.3) is 0 Å². The molecule has 1 aliphatic rings. The standard InChI is InChI=1S/C9H19NO4/c1-10(4-9(12-2)13-3)7-5-14-6-8(7)11/h7-9,11H,4-6H2,1-3H3/t7-,8-/m1/s1. The van der Waals surface area contributed by atoms with E-state index in [4.69, 9.17) is 14.2 Å². The molecular weight excluding hydrogens is 186 g/mol. The van der Waals surface area contributed by atoms with Gasteiger partial charge in [-0.1, -0.05) is 0 Å². The van der Waals surface area contributed by atoms with E-state index in [9.17, 15) is 5.11 Å². The molecule has 1 rings (SSSR count). The van der Waals surface area contributed by atoms with E-state index in [1.807, 2.05) is 11.9 Å². The van der Waals surface area contributed by atoms with Crippen LogP contribution in [0.1, 0.15) is 0 Å². The first-order valence-corrected chi connectivity index (χ1v) is 4.70. The van der Waals surface area contributed by atoms with Crippen LogP contribution in [0.2, 0.25) is 0 Å². The van der Waals surface area contributed by atoms with Gasteiger partial charge in [0.2, 0.25) is 0 Å². The van der Waals surface area contributed by atoms with Crippen molar-refractivity contribution in [2.75, 3.05) is 41.0 Å². The van der Waals surface area contributed by atoms with Crippen LogP contribution in [0.15, 0.2) is 0 Å². The predicted molar refractivity (Wildman–Crippen MR) is 51.0 cm³/mol. The number of rotatable bonds is 5. The number of hydrogen-bond donors (Lipinski definition) is 1. The Labute approximate surface area is 84.5 Å². The van der Waals surface area contributed by atoms with Gasteiger partial charge < -0.3 is 19.3 Å². The van der Waals surface area contributed by atoms with Gasteiger partial charge in [-0.15, -0.1) is 0 Å². The average Bonchev–Trinajstić information content (AvgIpc) is 2.60. The van der Waals surface area contributed by atoms with Crippen LogP contribution >= 0.6 is 0 Å². The van der Waals surface area contributed by atoms with Gasteiger partial charge in [-0.05, 0) is 7.05 Å². The quantitative estimate of drug-likeness (QED) is 0.601. The molecule has 14 heavy (non-hydrogen) atoms. The summed E-state index contributed by atoms with van der Waals surface area (Å²) in [7, 11) is 5.13. The lowest BCUT2D eigenvalue weighted by atomic mass is 10.2. The second-order valence-electron chi connectivity index (χ2n) is 3.51. The minimum atomic E-state index is -0.408. The third kappa shape index (κ3) is 2.90. The number of aliphatic hydroxyl groups is 1. The molecule has 1 aliphatic heterocycles. The molecule has 0 aliphatic carbocycles. The SMILES string of the molecule is COC(CN(C)[C@@H]1COC[C@H]1O)OC.